The molecule has 1 saturated carbocycles. The third kappa shape index (κ3) is 4.00. The van der Waals surface area contributed by atoms with E-state index in [1.165, 1.54) is 38.5 Å². The Hall–Kier alpha value is -0.650. The molecule has 3 fully saturated rings. The van der Waals surface area contributed by atoms with Gasteiger partial charge < -0.3 is 10.2 Å². The molecule has 1 N–H and O–H groups in total. The van der Waals surface area contributed by atoms with E-state index in [1.54, 1.807) is 0 Å². The van der Waals surface area contributed by atoms with Gasteiger partial charge in [0.1, 0.15) is 0 Å². The third-order valence-corrected chi connectivity index (χ3v) is 5.83. The summed E-state index contributed by atoms with van der Waals surface area (Å²) in [6.07, 6.45) is 7.60. The van der Waals surface area contributed by atoms with Crippen LogP contribution in [0.4, 0.5) is 0 Å². The highest BCUT2D eigenvalue weighted by Gasteiger charge is 2.28. The Bertz CT molecular complexity index is 356. The number of hydrogen-bond donors (Lipinski definition) is 1. The Morgan fingerprint density at radius 1 is 1.09 bits per heavy atom. The first kappa shape index (κ1) is 16.2. The minimum atomic E-state index is 0.322. The van der Waals surface area contributed by atoms with Crippen molar-refractivity contribution in [1.29, 1.82) is 0 Å². The fraction of sp³-hybridized carbons (Fsp3) is 0.941. The highest BCUT2D eigenvalue weighted by atomic mass is 16.2. The molecular formula is C17H32N4O. The normalized spacial score (nSPS) is 28.9. The van der Waals surface area contributed by atoms with Crippen molar-refractivity contribution in [2.45, 2.75) is 50.6 Å². The first-order valence-electron chi connectivity index (χ1n) is 9.17. The largest absolute Gasteiger partial charge is 0.342 e. The van der Waals surface area contributed by atoms with Gasteiger partial charge in [0.15, 0.2) is 0 Å². The highest BCUT2D eigenvalue weighted by Crippen LogP contribution is 2.22. The number of carbonyl (C=O) groups excluding carboxylic acids is 1. The summed E-state index contributed by atoms with van der Waals surface area (Å²) in [7, 11) is 2.01. The smallest absolute Gasteiger partial charge is 0.236 e. The van der Waals surface area contributed by atoms with Crippen LogP contribution in [0.25, 0.3) is 0 Å². The monoisotopic (exact) mass is 308 g/mol. The van der Waals surface area contributed by atoms with E-state index in [9.17, 15) is 4.79 Å². The van der Waals surface area contributed by atoms with E-state index in [0.717, 1.165) is 45.3 Å². The SMILES string of the molecule is CN(C(=O)CN1CCN(C2CCNC2)CC1)C1CCCCC1. The Kier molecular flexibility index (Phi) is 5.71. The second kappa shape index (κ2) is 7.75. The molecule has 5 nitrogen and oxygen atoms in total. The van der Waals surface area contributed by atoms with Crippen molar-refractivity contribution in [3.63, 3.8) is 0 Å². The van der Waals surface area contributed by atoms with Crippen LogP contribution in [0.3, 0.4) is 0 Å². The van der Waals surface area contributed by atoms with Crippen LogP contribution in [-0.4, -0.2) is 85.6 Å². The van der Waals surface area contributed by atoms with Crippen LogP contribution < -0.4 is 5.32 Å². The molecule has 2 aliphatic heterocycles. The molecule has 3 aliphatic rings. The summed E-state index contributed by atoms with van der Waals surface area (Å²) in [6, 6.07) is 1.22. The maximum absolute atomic E-state index is 12.5. The number of hydrogen-bond acceptors (Lipinski definition) is 4. The van der Waals surface area contributed by atoms with Crippen molar-refractivity contribution >= 4 is 5.91 Å². The van der Waals surface area contributed by atoms with Crippen LogP contribution >= 0.6 is 0 Å². The average molecular weight is 308 g/mol. The van der Waals surface area contributed by atoms with E-state index in [2.05, 4.69) is 15.1 Å². The molecule has 1 atom stereocenters. The maximum Gasteiger partial charge on any atom is 0.236 e. The van der Waals surface area contributed by atoms with Gasteiger partial charge >= 0.3 is 0 Å². The van der Waals surface area contributed by atoms with Crippen molar-refractivity contribution in [2.75, 3.05) is 52.9 Å². The van der Waals surface area contributed by atoms with E-state index < -0.39 is 0 Å². The van der Waals surface area contributed by atoms with Gasteiger partial charge in [-0.15, -0.1) is 0 Å². The van der Waals surface area contributed by atoms with E-state index in [1.807, 2.05) is 11.9 Å². The predicted octanol–water partition coefficient (Wildman–Crippen LogP) is 0.757. The van der Waals surface area contributed by atoms with Gasteiger partial charge in [0, 0.05) is 51.9 Å². The summed E-state index contributed by atoms with van der Waals surface area (Å²) in [5.74, 6) is 0.322. The van der Waals surface area contributed by atoms with Crippen molar-refractivity contribution in [3.8, 4) is 0 Å². The lowest BCUT2D eigenvalue weighted by molar-refractivity contribution is -0.134. The fourth-order valence-corrected chi connectivity index (χ4v) is 4.21. The zero-order valence-electron chi connectivity index (χ0n) is 14.1. The minimum Gasteiger partial charge on any atom is -0.342 e. The number of rotatable bonds is 4. The van der Waals surface area contributed by atoms with Gasteiger partial charge in [0.05, 0.1) is 6.54 Å². The van der Waals surface area contributed by atoms with Crippen LogP contribution in [0.15, 0.2) is 0 Å². The first-order valence-corrected chi connectivity index (χ1v) is 9.17. The first-order chi connectivity index (χ1) is 10.7. The number of likely N-dealkylation sites (N-methyl/N-ethyl adjacent to an activating group) is 1. The summed E-state index contributed by atoms with van der Waals surface area (Å²) in [5.41, 5.74) is 0. The Morgan fingerprint density at radius 2 is 1.82 bits per heavy atom. The van der Waals surface area contributed by atoms with Crippen molar-refractivity contribution in [3.05, 3.63) is 0 Å². The molecule has 2 heterocycles. The Labute approximate surface area is 135 Å². The van der Waals surface area contributed by atoms with E-state index >= 15 is 0 Å². The second-order valence-corrected chi connectivity index (χ2v) is 7.26. The van der Waals surface area contributed by atoms with Gasteiger partial charge in [-0.05, 0) is 25.8 Å². The van der Waals surface area contributed by atoms with Crippen LogP contribution in [0.1, 0.15) is 38.5 Å². The molecule has 0 aromatic rings. The average Bonchev–Trinajstić information content (AvgIpc) is 3.10. The van der Waals surface area contributed by atoms with Gasteiger partial charge in [0.2, 0.25) is 5.91 Å². The molecule has 0 aromatic heterocycles. The van der Waals surface area contributed by atoms with E-state index in [0.29, 0.717) is 18.5 Å². The van der Waals surface area contributed by atoms with Crippen LogP contribution in [0.5, 0.6) is 0 Å². The van der Waals surface area contributed by atoms with Crippen molar-refractivity contribution < 1.29 is 4.79 Å². The molecule has 2 saturated heterocycles. The second-order valence-electron chi connectivity index (χ2n) is 7.26. The molecule has 0 aromatic carbocycles. The topological polar surface area (TPSA) is 38.8 Å². The molecule has 1 unspecified atom stereocenters. The molecule has 3 rings (SSSR count). The molecule has 126 valence electrons. The van der Waals surface area contributed by atoms with E-state index in [4.69, 9.17) is 0 Å². The number of amides is 1. The summed E-state index contributed by atoms with van der Waals surface area (Å²) < 4.78 is 0. The Balaban J connectivity index is 1.40. The van der Waals surface area contributed by atoms with Crippen molar-refractivity contribution in [2.24, 2.45) is 0 Å². The minimum absolute atomic E-state index is 0.322. The molecule has 0 bridgehead atoms. The molecule has 5 heteroatoms. The standard InChI is InChI=1S/C17H32N4O/c1-19(15-5-3-2-4-6-15)17(22)14-20-9-11-21(12-10-20)16-7-8-18-13-16/h15-16,18H,2-14H2,1H3. The Morgan fingerprint density at radius 3 is 2.45 bits per heavy atom. The number of piperazine rings is 1. The lowest BCUT2D eigenvalue weighted by atomic mass is 9.94. The van der Waals surface area contributed by atoms with Crippen LogP contribution in [0, 0.1) is 0 Å². The number of nitrogens with zero attached hydrogens (tertiary/aromatic N) is 3. The third-order valence-electron chi connectivity index (χ3n) is 5.83. The van der Waals surface area contributed by atoms with Crippen molar-refractivity contribution in [1.82, 2.24) is 20.0 Å². The summed E-state index contributed by atoms with van der Waals surface area (Å²) in [5, 5.41) is 3.45. The quantitative estimate of drug-likeness (QED) is 0.832. The predicted molar refractivity (Wildman–Crippen MR) is 88.9 cm³/mol. The van der Waals surface area contributed by atoms with Gasteiger partial charge in [-0.1, -0.05) is 19.3 Å². The molecule has 1 aliphatic carbocycles. The molecule has 0 radical (unpaired) electrons. The van der Waals surface area contributed by atoms with Crippen LogP contribution in [-0.2, 0) is 4.79 Å². The molecule has 0 spiro atoms. The zero-order valence-corrected chi connectivity index (χ0v) is 14.1. The molecule has 1 amide bonds. The summed E-state index contributed by atoms with van der Waals surface area (Å²) in [6.45, 7) is 7.24. The van der Waals surface area contributed by atoms with Gasteiger partial charge in [0.25, 0.3) is 0 Å². The summed E-state index contributed by atoms with van der Waals surface area (Å²) in [4.78, 5) is 19.5. The lowest BCUT2D eigenvalue weighted by Gasteiger charge is -2.39. The fourth-order valence-electron chi connectivity index (χ4n) is 4.21. The highest BCUT2D eigenvalue weighted by molar-refractivity contribution is 5.78. The number of carbonyl (C=O) groups is 1. The van der Waals surface area contributed by atoms with Gasteiger partial charge in [-0.25, -0.2) is 0 Å². The summed E-state index contributed by atoms with van der Waals surface area (Å²) >= 11 is 0. The van der Waals surface area contributed by atoms with E-state index in [-0.39, 0.29) is 0 Å². The molecule has 22 heavy (non-hydrogen) atoms. The van der Waals surface area contributed by atoms with Gasteiger partial charge in [-0.3, -0.25) is 14.6 Å². The van der Waals surface area contributed by atoms with Gasteiger partial charge in [-0.2, -0.15) is 0 Å². The number of nitrogens with one attached hydrogen (secondary N) is 1. The zero-order chi connectivity index (χ0) is 15.4. The van der Waals surface area contributed by atoms with Crippen LogP contribution in [0.2, 0.25) is 0 Å². The maximum atomic E-state index is 12.5. The molecular weight excluding hydrogens is 276 g/mol. The lowest BCUT2D eigenvalue weighted by Crippen LogP contribution is -2.53.